The number of nitrogens with one attached hydrogen (secondary N) is 1. The third-order valence-electron chi connectivity index (χ3n) is 9.75. The average molecular weight is 456 g/mol. The van der Waals surface area contributed by atoms with Crippen LogP contribution in [0.25, 0.3) is 0 Å². The van der Waals surface area contributed by atoms with Crippen LogP contribution < -0.4 is 5.32 Å². The lowest BCUT2D eigenvalue weighted by Crippen LogP contribution is -2.59. The van der Waals surface area contributed by atoms with E-state index >= 15 is 0 Å². The Labute approximate surface area is 196 Å². The first-order valence-corrected chi connectivity index (χ1v) is 12.5. The van der Waals surface area contributed by atoms with Crippen molar-refractivity contribution in [2.45, 2.75) is 64.8 Å². The molecular formula is C26H34ClN3O2. The summed E-state index contributed by atoms with van der Waals surface area (Å²) < 4.78 is 0. The number of nitrogens with zero attached hydrogens (tertiary/aromatic N) is 2. The molecule has 5 rings (SSSR count). The molecule has 3 saturated carbocycles. The van der Waals surface area contributed by atoms with Crippen molar-refractivity contribution < 1.29 is 9.59 Å². The van der Waals surface area contributed by atoms with Gasteiger partial charge in [-0.1, -0.05) is 31.5 Å². The van der Waals surface area contributed by atoms with Crippen molar-refractivity contribution in [3.8, 4) is 0 Å². The fourth-order valence-electron chi connectivity index (χ4n) is 8.05. The lowest BCUT2D eigenvalue weighted by atomic mass is 9.47. The number of hydrogen-bond acceptors (Lipinski definition) is 3. The number of aromatic nitrogens is 1. The van der Waals surface area contributed by atoms with E-state index in [1.54, 1.807) is 24.4 Å². The summed E-state index contributed by atoms with van der Waals surface area (Å²) in [7, 11) is 1.97. The van der Waals surface area contributed by atoms with Crippen molar-refractivity contribution >= 4 is 29.2 Å². The van der Waals surface area contributed by atoms with Gasteiger partial charge in [-0.15, -0.1) is 0 Å². The highest BCUT2D eigenvalue weighted by atomic mass is 35.5. The molecule has 172 valence electrons. The molecular weight excluding hydrogens is 422 g/mol. The maximum Gasteiger partial charge on any atom is 0.246 e. The third-order valence-corrected chi connectivity index (χ3v) is 9.97. The number of carbonyl (C=O) groups is 2. The molecule has 2 amide bonds. The molecule has 0 radical (unpaired) electrons. The van der Waals surface area contributed by atoms with E-state index in [9.17, 15) is 9.59 Å². The molecule has 1 aromatic rings. The zero-order valence-electron chi connectivity index (χ0n) is 19.3. The largest absolute Gasteiger partial charge is 0.338 e. The Morgan fingerprint density at radius 3 is 2.75 bits per heavy atom. The molecule has 2 heterocycles. The Hall–Kier alpha value is -1.88. The molecule has 0 bridgehead atoms. The van der Waals surface area contributed by atoms with Crippen LogP contribution in [0, 0.1) is 34.5 Å². The summed E-state index contributed by atoms with van der Waals surface area (Å²) in [5, 5.41) is 3.53. The Morgan fingerprint density at radius 1 is 1.19 bits per heavy atom. The number of halogens is 1. The summed E-state index contributed by atoms with van der Waals surface area (Å²) in [6.07, 6.45) is 13.1. The molecule has 7 atom stereocenters. The number of carbonyl (C=O) groups excluding carboxylic acids is 2. The van der Waals surface area contributed by atoms with Crippen LogP contribution in [0.15, 0.2) is 30.5 Å². The van der Waals surface area contributed by atoms with Crippen molar-refractivity contribution in [1.29, 1.82) is 0 Å². The molecule has 1 N–H and O–H groups in total. The quantitative estimate of drug-likeness (QED) is 0.670. The first kappa shape index (κ1) is 21.9. The number of amides is 2. The van der Waals surface area contributed by atoms with Gasteiger partial charge in [0.1, 0.15) is 5.82 Å². The van der Waals surface area contributed by atoms with Crippen LogP contribution in [0.3, 0.4) is 0 Å². The summed E-state index contributed by atoms with van der Waals surface area (Å²) in [6.45, 7) is 4.83. The van der Waals surface area contributed by atoms with Crippen molar-refractivity contribution in [3.63, 3.8) is 0 Å². The predicted octanol–water partition coefficient (Wildman–Crippen LogP) is 5.32. The van der Waals surface area contributed by atoms with Gasteiger partial charge in [0.05, 0.1) is 5.02 Å². The number of hydrogen-bond donors (Lipinski definition) is 1. The highest BCUT2D eigenvalue weighted by molar-refractivity contribution is 6.30. The summed E-state index contributed by atoms with van der Waals surface area (Å²) in [5.41, 5.74) is 0.290. The van der Waals surface area contributed by atoms with Crippen molar-refractivity contribution in [1.82, 2.24) is 9.88 Å². The van der Waals surface area contributed by atoms with E-state index in [1.165, 1.54) is 25.7 Å². The molecule has 1 aromatic heterocycles. The van der Waals surface area contributed by atoms with Crippen molar-refractivity contribution in [2.24, 2.45) is 34.5 Å². The standard InChI is InChI=1S/C26H34ClN3O2/c1-25-12-10-20-18(6-8-21-26(20,2)13-11-24(32)30(21)3)19(25)7-4-16(25)14-23(31)29-22-9-5-17(27)15-28-22/h5,9,11,13,15-16,18-21H,4,6-8,10,12,14H2,1-3H3,(H,28,29,31)/t16-,18+,19+,20+,21-,25-,26-/m1/s1. The Bertz CT molecular complexity index is 947. The highest BCUT2D eigenvalue weighted by Crippen LogP contribution is 2.65. The Morgan fingerprint density at radius 2 is 2.00 bits per heavy atom. The van der Waals surface area contributed by atoms with E-state index < -0.39 is 0 Å². The lowest BCUT2D eigenvalue weighted by Gasteiger charge is -2.60. The fraction of sp³-hybridized carbons (Fsp3) is 0.654. The van der Waals surface area contributed by atoms with E-state index in [1.807, 2.05) is 11.9 Å². The van der Waals surface area contributed by atoms with Crippen LogP contribution in [0.5, 0.6) is 0 Å². The van der Waals surface area contributed by atoms with Gasteiger partial charge in [-0.25, -0.2) is 4.98 Å². The maximum atomic E-state index is 12.8. The smallest absolute Gasteiger partial charge is 0.246 e. The van der Waals surface area contributed by atoms with Gasteiger partial charge in [0.2, 0.25) is 11.8 Å². The molecule has 0 aromatic carbocycles. The summed E-state index contributed by atoms with van der Waals surface area (Å²) >= 11 is 5.91. The molecule has 3 aliphatic carbocycles. The third kappa shape index (κ3) is 3.39. The van der Waals surface area contributed by atoms with E-state index in [4.69, 9.17) is 11.6 Å². The topological polar surface area (TPSA) is 62.3 Å². The summed E-state index contributed by atoms with van der Waals surface area (Å²) in [5.74, 6) is 3.16. The summed E-state index contributed by atoms with van der Waals surface area (Å²) in [4.78, 5) is 31.3. The van der Waals surface area contributed by atoms with Crippen molar-refractivity contribution in [2.75, 3.05) is 12.4 Å². The molecule has 4 aliphatic rings. The zero-order chi connectivity index (χ0) is 22.7. The van der Waals surface area contributed by atoms with Gasteiger partial charge < -0.3 is 10.2 Å². The second-order valence-corrected chi connectivity index (χ2v) is 11.5. The van der Waals surface area contributed by atoms with E-state index in [2.05, 4.69) is 30.2 Å². The first-order chi connectivity index (χ1) is 15.2. The van der Waals surface area contributed by atoms with Gasteiger partial charge in [-0.05, 0) is 85.8 Å². The second-order valence-electron chi connectivity index (χ2n) is 11.1. The van der Waals surface area contributed by atoms with E-state index in [0.717, 1.165) is 12.8 Å². The first-order valence-electron chi connectivity index (χ1n) is 12.1. The van der Waals surface area contributed by atoms with Crippen LogP contribution in [0.4, 0.5) is 5.82 Å². The van der Waals surface area contributed by atoms with Crippen molar-refractivity contribution in [3.05, 3.63) is 35.5 Å². The van der Waals surface area contributed by atoms with Gasteiger partial charge in [-0.2, -0.15) is 0 Å². The predicted molar refractivity (Wildman–Crippen MR) is 126 cm³/mol. The number of fused-ring (bicyclic) bond motifs is 5. The monoisotopic (exact) mass is 455 g/mol. The van der Waals surface area contributed by atoms with Crippen LogP contribution >= 0.6 is 11.6 Å². The zero-order valence-corrected chi connectivity index (χ0v) is 20.1. The van der Waals surface area contributed by atoms with Gasteiger partial charge in [-0.3, -0.25) is 9.59 Å². The van der Waals surface area contributed by atoms with Crippen LogP contribution in [0.2, 0.25) is 5.02 Å². The van der Waals surface area contributed by atoms with Gasteiger partial charge in [0, 0.05) is 31.1 Å². The van der Waals surface area contributed by atoms with Crippen LogP contribution in [0.1, 0.15) is 58.8 Å². The minimum atomic E-state index is 0.0554. The Balaban J connectivity index is 1.31. The molecule has 0 unspecified atom stereocenters. The number of pyridine rings is 1. The van der Waals surface area contributed by atoms with Crippen LogP contribution in [-0.4, -0.2) is 34.8 Å². The molecule has 1 aliphatic heterocycles. The fourth-order valence-corrected chi connectivity index (χ4v) is 8.16. The molecule has 5 nitrogen and oxygen atoms in total. The number of anilines is 1. The molecule has 0 saturated heterocycles. The second kappa shape index (κ2) is 7.86. The maximum absolute atomic E-state index is 12.8. The summed E-state index contributed by atoms with van der Waals surface area (Å²) in [6, 6.07) is 3.82. The van der Waals surface area contributed by atoms with Crippen LogP contribution in [-0.2, 0) is 9.59 Å². The SMILES string of the molecule is CN1C(=O)C=C[C@]2(C)[C@H]3CC[C@]4(C)[C@@H](CC(=O)Nc5ccc(Cl)cn5)CC[C@H]4[C@@H]3CC[C@@H]12. The van der Waals surface area contributed by atoms with Gasteiger partial charge in [0.15, 0.2) is 0 Å². The Kier molecular flexibility index (Phi) is 5.39. The molecule has 3 fully saturated rings. The normalized spacial score (nSPS) is 40.4. The minimum Gasteiger partial charge on any atom is -0.338 e. The van der Waals surface area contributed by atoms with E-state index in [0.29, 0.717) is 47.0 Å². The molecule has 6 heteroatoms. The minimum absolute atomic E-state index is 0.0554. The lowest BCUT2D eigenvalue weighted by molar-refractivity contribution is -0.139. The van der Waals surface area contributed by atoms with Gasteiger partial charge in [0.25, 0.3) is 0 Å². The molecule has 32 heavy (non-hydrogen) atoms. The highest BCUT2D eigenvalue weighted by Gasteiger charge is 2.60. The average Bonchev–Trinajstić information content (AvgIpc) is 3.09. The molecule has 0 spiro atoms. The number of likely N-dealkylation sites (N-methyl/N-ethyl adjacent to an activating group) is 1. The number of rotatable bonds is 3. The van der Waals surface area contributed by atoms with E-state index in [-0.39, 0.29) is 22.6 Å². The van der Waals surface area contributed by atoms with Gasteiger partial charge >= 0.3 is 0 Å².